The Bertz CT molecular complexity index is 863. The number of nitrogens with zero attached hydrogens (tertiary/aromatic N) is 2. The van der Waals surface area contributed by atoms with Crippen LogP contribution in [0.25, 0.3) is 0 Å². The molecule has 7 heteroatoms. The number of fused-ring (bicyclic) bond motifs is 1. The molecule has 4 atom stereocenters. The van der Waals surface area contributed by atoms with E-state index in [2.05, 4.69) is 0 Å². The molecule has 2 amide bonds. The number of carbonyl (C=O) groups excluding carboxylic acids is 2. The third kappa shape index (κ3) is 2.95. The number of carbonyl (C=O) groups is 2. The Morgan fingerprint density at radius 1 is 1.34 bits per heavy atom. The fourth-order valence-corrected chi connectivity index (χ4v) is 5.28. The van der Waals surface area contributed by atoms with Gasteiger partial charge in [-0.15, -0.1) is 0 Å². The molecule has 1 N–H and O–H groups in total. The molecule has 0 aliphatic carbocycles. The van der Waals surface area contributed by atoms with Gasteiger partial charge in [0.05, 0.1) is 37.7 Å². The molecule has 0 aromatic heterocycles. The van der Waals surface area contributed by atoms with E-state index in [1.165, 1.54) is 0 Å². The van der Waals surface area contributed by atoms with Gasteiger partial charge in [-0.2, -0.15) is 0 Å². The van der Waals surface area contributed by atoms with Crippen molar-refractivity contribution in [2.24, 2.45) is 11.8 Å². The minimum Gasteiger partial charge on any atom is -0.497 e. The lowest BCUT2D eigenvalue weighted by molar-refractivity contribution is -0.144. The van der Waals surface area contributed by atoms with Crippen molar-refractivity contribution in [2.45, 2.75) is 37.2 Å². The summed E-state index contributed by atoms with van der Waals surface area (Å²) < 4.78 is 11.5. The number of benzene rings is 1. The Balaban J connectivity index is 1.36. The highest BCUT2D eigenvalue weighted by Gasteiger charge is 2.67. The smallest absolute Gasteiger partial charge is 0.230 e. The SMILES string of the molecule is COc1cccc(CN2C[C@]34C=C[C@H](O3)[C@@H](C(=O)N3CCC(O)CC3)[C@@H]4C2=O)c1. The molecule has 29 heavy (non-hydrogen) atoms. The van der Waals surface area contributed by atoms with Crippen LogP contribution in [0.3, 0.4) is 0 Å². The first-order valence-electron chi connectivity index (χ1n) is 10.3. The maximum Gasteiger partial charge on any atom is 0.230 e. The van der Waals surface area contributed by atoms with Crippen molar-refractivity contribution in [1.29, 1.82) is 0 Å². The highest BCUT2D eigenvalue weighted by atomic mass is 16.5. The van der Waals surface area contributed by atoms with Crippen LogP contribution in [0.15, 0.2) is 36.4 Å². The monoisotopic (exact) mass is 398 g/mol. The van der Waals surface area contributed by atoms with Gasteiger partial charge in [-0.1, -0.05) is 24.3 Å². The lowest BCUT2D eigenvalue weighted by Crippen LogP contribution is -2.49. The molecular weight excluding hydrogens is 372 g/mol. The van der Waals surface area contributed by atoms with E-state index in [0.717, 1.165) is 11.3 Å². The fraction of sp³-hybridized carbons (Fsp3) is 0.545. The van der Waals surface area contributed by atoms with E-state index in [-0.39, 0.29) is 24.0 Å². The Morgan fingerprint density at radius 2 is 2.14 bits per heavy atom. The van der Waals surface area contributed by atoms with E-state index in [1.807, 2.05) is 36.4 Å². The summed E-state index contributed by atoms with van der Waals surface area (Å²) in [5.41, 5.74) is 0.288. The van der Waals surface area contributed by atoms with E-state index >= 15 is 0 Å². The van der Waals surface area contributed by atoms with Crippen molar-refractivity contribution in [3.8, 4) is 5.75 Å². The van der Waals surface area contributed by atoms with Crippen LogP contribution in [0.5, 0.6) is 5.75 Å². The Kier molecular flexibility index (Phi) is 4.40. The summed E-state index contributed by atoms with van der Waals surface area (Å²) in [6, 6.07) is 7.68. The summed E-state index contributed by atoms with van der Waals surface area (Å²) in [6.07, 6.45) is 4.43. The van der Waals surface area contributed by atoms with Gasteiger partial charge in [-0.3, -0.25) is 9.59 Å². The van der Waals surface area contributed by atoms with Crippen LogP contribution in [-0.2, 0) is 20.9 Å². The Hall–Kier alpha value is -2.38. The average molecular weight is 398 g/mol. The van der Waals surface area contributed by atoms with Gasteiger partial charge < -0.3 is 24.4 Å². The van der Waals surface area contributed by atoms with Gasteiger partial charge in [-0.05, 0) is 30.5 Å². The normalized spacial score (nSPS) is 33.4. The number of methoxy groups -OCH3 is 1. The van der Waals surface area contributed by atoms with Gasteiger partial charge in [0.25, 0.3) is 0 Å². The summed E-state index contributed by atoms with van der Waals surface area (Å²) in [5.74, 6) is -0.227. The number of amides is 2. The number of hydrogen-bond acceptors (Lipinski definition) is 5. The van der Waals surface area contributed by atoms with Crippen molar-refractivity contribution >= 4 is 11.8 Å². The molecule has 4 aliphatic heterocycles. The van der Waals surface area contributed by atoms with E-state index in [9.17, 15) is 14.7 Å². The van der Waals surface area contributed by atoms with Gasteiger partial charge in [0.15, 0.2) is 0 Å². The Morgan fingerprint density at radius 3 is 2.90 bits per heavy atom. The van der Waals surface area contributed by atoms with Crippen LogP contribution in [-0.4, -0.2) is 71.3 Å². The molecule has 3 saturated heterocycles. The maximum atomic E-state index is 13.4. The second-order valence-electron chi connectivity index (χ2n) is 8.50. The molecule has 0 unspecified atom stereocenters. The summed E-state index contributed by atoms with van der Waals surface area (Å²) in [6.45, 7) is 2.00. The van der Waals surface area contributed by atoms with Crippen LogP contribution < -0.4 is 4.74 Å². The van der Waals surface area contributed by atoms with Crippen LogP contribution >= 0.6 is 0 Å². The zero-order valence-electron chi connectivity index (χ0n) is 16.5. The standard InChI is InChI=1S/C22H26N2O5/c1-28-16-4-2-3-14(11-16)12-24-13-22-8-5-17(29-22)18(19(22)21(24)27)20(26)23-9-6-15(25)7-10-23/h2-5,8,11,15,17-19,25H,6-7,9-10,12-13H2,1H3/t17-,18+,19+,22-/m0/s1. The van der Waals surface area contributed by atoms with E-state index in [0.29, 0.717) is 39.0 Å². The number of aliphatic hydroxyl groups excluding tert-OH is 1. The van der Waals surface area contributed by atoms with Crippen molar-refractivity contribution in [3.63, 3.8) is 0 Å². The lowest BCUT2D eigenvalue weighted by Gasteiger charge is -2.34. The number of hydrogen-bond donors (Lipinski definition) is 1. The van der Waals surface area contributed by atoms with Crippen LogP contribution in [0.4, 0.5) is 0 Å². The molecule has 4 heterocycles. The summed E-state index contributed by atoms with van der Waals surface area (Å²) >= 11 is 0. The summed E-state index contributed by atoms with van der Waals surface area (Å²) in [5, 5.41) is 9.74. The van der Waals surface area contributed by atoms with Crippen molar-refractivity contribution in [1.82, 2.24) is 9.80 Å². The molecule has 154 valence electrons. The van der Waals surface area contributed by atoms with Gasteiger partial charge in [0, 0.05) is 19.6 Å². The second-order valence-corrected chi connectivity index (χ2v) is 8.50. The lowest BCUT2D eigenvalue weighted by atomic mass is 9.76. The Labute approximate surface area is 169 Å². The van der Waals surface area contributed by atoms with Crippen LogP contribution in [0.2, 0.25) is 0 Å². The van der Waals surface area contributed by atoms with Crippen molar-refractivity contribution in [3.05, 3.63) is 42.0 Å². The predicted molar refractivity (Wildman–Crippen MR) is 104 cm³/mol. The van der Waals surface area contributed by atoms with Crippen molar-refractivity contribution in [2.75, 3.05) is 26.7 Å². The average Bonchev–Trinajstić information content (AvgIpc) is 3.36. The summed E-state index contributed by atoms with van der Waals surface area (Å²) in [4.78, 5) is 30.2. The predicted octanol–water partition coefficient (Wildman–Crippen LogP) is 0.960. The van der Waals surface area contributed by atoms with Gasteiger partial charge in [-0.25, -0.2) is 0 Å². The number of likely N-dealkylation sites (tertiary alicyclic amines) is 2. The molecule has 0 saturated carbocycles. The molecular formula is C22H26N2O5. The minimum absolute atomic E-state index is 0.0185. The first kappa shape index (κ1) is 18.6. The summed E-state index contributed by atoms with van der Waals surface area (Å²) in [7, 11) is 1.62. The van der Waals surface area contributed by atoms with Gasteiger partial charge >= 0.3 is 0 Å². The number of aliphatic hydroxyl groups is 1. The van der Waals surface area contributed by atoms with Crippen molar-refractivity contribution < 1.29 is 24.2 Å². The minimum atomic E-state index is -0.698. The number of piperidine rings is 1. The molecule has 5 rings (SSSR count). The number of ether oxygens (including phenoxy) is 2. The fourth-order valence-electron chi connectivity index (χ4n) is 5.28. The second kappa shape index (κ2) is 6.85. The highest BCUT2D eigenvalue weighted by Crippen LogP contribution is 2.52. The maximum absolute atomic E-state index is 13.4. The molecule has 4 aliphatic rings. The molecule has 3 fully saturated rings. The van der Waals surface area contributed by atoms with Crippen LogP contribution in [0, 0.1) is 11.8 Å². The highest BCUT2D eigenvalue weighted by molar-refractivity contribution is 5.93. The molecule has 0 radical (unpaired) electrons. The molecule has 1 aromatic rings. The molecule has 1 aromatic carbocycles. The first-order chi connectivity index (χ1) is 14.0. The van der Waals surface area contributed by atoms with E-state index in [1.54, 1.807) is 16.9 Å². The quantitative estimate of drug-likeness (QED) is 0.765. The number of rotatable bonds is 4. The zero-order chi connectivity index (χ0) is 20.2. The molecule has 7 nitrogen and oxygen atoms in total. The third-order valence-electron chi connectivity index (χ3n) is 6.75. The van der Waals surface area contributed by atoms with E-state index in [4.69, 9.17) is 9.47 Å². The first-order valence-corrected chi connectivity index (χ1v) is 10.3. The molecule has 1 spiro atoms. The van der Waals surface area contributed by atoms with E-state index < -0.39 is 17.4 Å². The van der Waals surface area contributed by atoms with Gasteiger partial charge in [0.2, 0.25) is 11.8 Å². The topological polar surface area (TPSA) is 79.3 Å². The van der Waals surface area contributed by atoms with Crippen LogP contribution in [0.1, 0.15) is 18.4 Å². The van der Waals surface area contributed by atoms with Gasteiger partial charge in [0.1, 0.15) is 11.4 Å². The zero-order valence-corrected chi connectivity index (χ0v) is 16.5. The third-order valence-corrected chi connectivity index (χ3v) is 6.75. The largest absolute Gasteiger partial charge is 0.497 e. The molecule has 2 bridgehead atoms.